The van der Waals surface area contributed by atoms with E-state index >= 15 is 0 Å². The summed E-state index contributed by atoms with van der Waals surface area (Å²) in [7, 11) is 0. The molecule has 0 fully saturated rings. The maximum atomic E-state index is 12.0. The maximum absolute atomic E-state index is 12.0. The van der Waals surface area contributed by atoms with Crippen molar-refractivity contribution in [3.63, 3.8) is 0 Å². The number of carbonyl (C=O) groups is 4. The first-order valence-electron chi connectivity index (χ1n) is 6.63. The van der Waals surface area contributed by atoms with Crippen molar-refractivity contribution in [1.29, 1.82) is 0 Å². The Morgan fingerprint density at radius 1 is 1.15 bits per heavy atom. The Kier molecular flexibility index (Phi) is 8.19. The van der Waals surface area contributed by atoms with Gasteiger partial charge in [0.05, 0.1) is 6.04 Å². The van der Waals surface area contributed by atoms with E-state index < -0.39 is 30.4 Å². The van der Waals surface area contributed by atoms with Crippen LogP contribution >= 0.6 is 0 Å². The lowest BCUT2D eigenvalue weighted by molar-refractivity contribution is -0.138. The van der Waals surface area contributed by atoms with Crippen molar-refractivity contribution in [2.24, 2.45) is 5.92 Å². The van der Waals surface area contributed by atoms with Gasteiger partial charge in [0.25, 0.3) is 0 Å². The fourth-order valence-corrected chi connectivity index (χ4v) is 1.58. The van der Waals surface area contributed by atoms with Crippen LogP contribution in [-0.2, 0) is 19.2 Å². The molecule has 0 aliphatic heterocycles. The van der Waals surface area contributed by atoms with Crippen LogP contribution in [0, 0.1) is 5.92 Å². The number of Topliss-reactive ketones (excluding diaryl/α,β-unsaturated/α-hetero) is 1. The summed E-state index contributed by atoms with van der Waals surface area (Å²) in [5.74, 6) is -2.70. The van der Waals surface area contributed by atoms with Crippen LogP contribution in [-0.4, -0.2) is 41.3 Å². The second-order valence-corrected chi connectivity index (χ2v) is 4.56. The molecule has 0 radical (unpaired) electrons. The van der Waals surface area contributed by atoms with Crippen molar-refractivity contribution in [3.05, 3.63) is 0 Å². The highest BCUT2D eigenvalue weighted by Crippen LogP contribution is 2.07. The Labute approximate surface area is 118 Å². The molecular formula is C13H22N2O5. The van der Waals surface area contributed by atoms with Gasteiger partial charge >= 0.3 is 5.97 Å². The molecule has 7 nitrogen and oxygen atoms in total. The van der Waals surface area contributed by atoms with Gasteiger partial charge in [0.2, 0.25) is 11.8 Å². The number of carboxylic acid groups (broad SMARTS) is 1. The van der Waals surface area contributed by atoms with Crippen molar-refractivity contribution in [1.82, 2.24) is 10.6 Å². The van der Waals surface area contributed by atoms with Crippen LogP contribution in [0.3, 0.4) is 0 Å². The van der Waals surface area contributed by atoms with Crippen LogP contribution in [0.2, 0.25) is 0 Å². The van der Waals surface area contributed by atoms with E-state index in [1.54, 1.807) is 20.8 Å². The summed E-state index contributed by atoms with van der Waals surface area (Å²) in [6, 6.07) is -0.600. The zero-order chi connectivity index (χ0) is 15.7. The number of carboxylic acids is 1. The summed E-state index contributed by atoms with van der Waals surface area (Å²) in [5.41, 5.74) is 0. The maximum Gasteiger partial charge on any atom is 0.322 e. The van der Waals surface area contributed by atoms with E-state index in [9.17, 15) is 19.2 Å². The average Bonchev–Trinajstić information content (AvgIpc) is 2.41. The highest BCUT2D eigenvalue weighted by Gasteiger charge is 2.23. The standard InChI is InChI=1S/C13H22N2O5/c1-4-9(15-11(17)5-2)10(16)6-8(3)13(20)14-7-12(18)19/h8-9H,4-7H2,1-3H3,(H,14,20)(H,15,17)(H,18,19)/t8-,9+/m0/s1. The van der Waals surface area contributed by atoms with E-state index in [4.69, 9.17) is 5.11 Å². The third-order valence-electron chi connectivity index (χ3n) is 2.82. The Morgan fingerprint density at radius 2 is 1.75 bits per heavy atom. The van der Waals surface area contributed by atoms with E-state index in [0.29, 0.717) is 12.8 Å². The highest BCUT2D eigenvalue weighted by atomic mass is 16.4. The number of rotatable bonds is 9. The molecule has 0 aromatic heterocycles. The quantitative estimate of drug-likeness (QED) is 0.556. The molecule has 0 aromatic rings. The van der Waals surface area contributed by atoms with Gasteiger partial charge < -0.3 is 15.7 Å². The Hall–Kier alpha value is -1.92. The monoisotopic (exact) mass is 286 g/mol. The van der Waals surface area contributed by atoms with Crippen molar-refractivity contribution in [3.8, 4) is 0 Å². The van der Waals surface area contributed by atoms with Crippen LogP contribution < -0.4 is 10.6 Å². The van der Waals surface area contributed by atoms with Crippen LogP contribution in [0.15, 0.2) is 0 Å². The second-order valence-electron chi connectivity index (χ2n) is 4.56. The predicted octanol–water partition coefficient (Wildman–Crippen LogP) is 0.0873. The fraction of sp³-hybridized carbons (Fsp3) is 0.692. The molecule has 0 aliphatic rings. The molecule has 114 valence electrons. The first-order valence-corrected chi connectivity index (χ1v) is 6.63. The minimum Gasteiger partial charge on any atom is -0.480 e. The topological polar surface area (TPSA) is 113 Å². The Bertz CT molecular complexity index is 381. The van der Waals surface area contributed by atoms with Crippen LogP contribution in [0.1, 0.15) is 40.0 Å². The number of nitrogens with one attached hydrogen (secondary N) is 2. The molecule has 7 heteroatoms. The van der Waals surface area contributed by atoms with Crippen LogP contribution in [0.25, 0.3) is 0 Å². The summed E-state index contributed by atoms with van der Waals surface area (Å²) >= 11 is 0. The molecule has 0 saturated heterocycles. The number of amides is 2. The zero-order valence-corrected chi connectivity index (χ0v) is 12.1. The Morgan fingerprint density at radius 3 is 2.20 bits per heavy atom. The second kappa shape index (κ2) is 9.06. The van der Waals surface area contributed by atoms with E-state index in [2.05, 4.69) is 10.6 Å². The lowest BCUT2D eigenvalue weighted by Crippen LogP contribution is -2.42. The number of ketones is 1. The van der Waals surface area contributed by atoms with Crippen molar-refractivity contribution in [2.45, 2.75) is 46.1 Å². The molecule has 0 aromatic carbocycles. The number of carbonyl (C=O) groups excluding carboxylic acids is 3. The number of hydrogen-bond acceptors (Lipinski definition) is 4. The molecule has 0 saturated carbocycles. The Balaban J connectivity index is 4.37. The van der Waals surface area contributed by atoms with Gasteiger partial charge in [-0.3, -0.25) is 19.2 Å². The molecule has 0 spiro atoms. The first kappa shape index (κ1) is 18.1. The number of hydrogen-bond donors (Lipinski definition) is 3. The van der Waals surface area contributed by atoms with E-state index in [-0.39, 0.29) is 18.1 Å². The van der Waals surface area contributed by atoms with E-state index in [1.165, 1.54) is 0 Å². The molecule has 2 amide bonds. The average molecular weight is 286 g/mol. The summed E-state index contributed by atoms with van der Waals surface area (Å²) in [6.45, 7) is 4.53. The fourth-order valence-electron chi connectivity index (χ4n) is 1.58. The first-order chi connectivity index (χ1) is 9.31. The van der Waals surface area contributed by atoms with Crippen LogP contribution in [0.4, 0.5) is 0 Å². The molecule has 3 N–H and O–H groups in total. The largest absolute Gasteiger partial charge is 0.480 e. The highest BCUT2D eigenvalue weighted by molar-refractivity contribution is 5.92. The van der Waals surface area contributed by atoms with Gasteiger partial charge in [-0.25, -0.2) is 0 Å². The molecule has 20 heavy (non-hydrogen) atoms. The third-order valence-corrected chi connectivity index (χ3v) is 2.82. The smallest absolute Gasteiger partial charge is 0.322 e. The molecule has 0 bridgehead atoms. The van der Waals surface area contributed by atoms with Crippen molar-refractivity contribution >= 4 is 23.6 Å². The molecule has 0 heterocycles. The molecule has 0 unspecified atom stereocenters. The van der Waals surface area contributed by atoms with Crippen LogP contribution in [0.5, 0.6) is 0 Å². The molecular weight excluding hydrogens is 264 g/mol. The summed E-state index contributed by atoms with van der Waals surface area (Å²) < 4.78 is 0. The third kappa shape index (κ3) is 6.86. The number of aliphatic carboxylic acids is 1. The minimum atomic E-state index is -1.14. The summed E-state index contributed by atoms with van der Waals surface area (Å²) in [4.78, 5) is 45.1. The van der Waals surface area contributed by atoms with Crippen molar-refractivity contribution < 1.29 is 24.3 Å². The summed E-state index contributed by atoms with van der Waals surface area (Å²) in [5, 5.41) is 13.3. The lowest BCUT2D eigenvalue weighted by Gasteiger charge is -2.17. The van der Waals surface area contributed by atoms with E-state index in [1.807, 2.05) is 0 Å². The zero-order valence-electron chi connectivity index (χ0n) is 12.1. The van der Waals surface area contributed by atoms with Gasteiger partial charge in [-0.05, 0) is 6.42 Å². The van der Waals surface area contributed by atoms with Crippen molar-refractivity contribution in [2.75, 3.05) is 6.54 Å². The SMILES string of the molecule is CCC(=O)N[C@H](CC)C(=O)C[C@H](C)C(=O)NCC(=O)O. The predicted molar refractivity (Wildman–Crippen MR) is 71.9 cm³/mol. The van der Waals surface area contributed by atoms with Gasteiger partial charge in [0.1, 0.15) is 6.54 Å². The van der Waals surface area contributed by atoms with E-state index in [0.717, 1.165) is 0 Å². The normalized spacial score (nSPS) is 13.2. The van der Waals surface area contributed by atoms with Gasteiger partial charge in [-0.1, -0.05) is 20.8 Å². The van der Waals surface area contributed by atoms with Gasteiger partial charge in [-0.15, -0.1) is 0 Å². The molecule has 2 atom stereocenters. The molecule has 0 rings (SSSR count). The van der Waals surface area contributed by atoms with Gasteiger partial charge in [0.15, 0.2) is 5.78 Å². The van der Waals surface area contributed by atoms with Gasteiger partial charge in [-0.2, -0.15) is 0 Å². The minimum absolute atomic E-state index is 0.0338. The molecule has 0 aliphatic carbocycles. The lowest BCUT2D eigenvalue weighted by atomic mass is 9.98. The summed E-state index contributed by atoms with van der Waals surface area (Å²) in [6.07, 6.45) is 0.709. The van der Waals surface area contributed by atoms with Gasteiger partial charge in [0, 0.05) is 18.8 Å².